The molecule has 2 N–H and O–H groups in total. The van der Waals surface area contributed by atoms with Gasteiger partial charge in [0.25, 0.3) is 11.8 Å². The summed E-state index contributed by atoms with van der Waals surface area (Å²) < 4.78 is 15.4. The van der Waals surface area contributed by atoms with Crippen LogP contribution in [0.4, 0.5) is 0 Å². The lowest BCUT2D eigenvalue weighted by atomic mass is 10.2. The Balaban J connectivity index is 1.68. The van der Waals surface area contributed by atoms with Crippen LogP contribution in [0.1, 0.15) is 11.1 Å². The Kier molecular flexibility index (Phi) is 8.84. The van der Waals surface area contributed by atoms with Crippen LogP contribution in [0.5, 0.6) is 11.5 Å². The van der Waals surface area contributed by atoms with Gasteiger partial charge in [-0.3, -0.25) is 9.59 Å². The van der Waals surface area contributed by atoms with E-state index in [1.807, 2.05) is 24.3 Å². The Hall–Kier alpha value is -3.72. The highest BCUT2D eigenvalue weighted by atomic mass is 16.5. The van der Waals surface area contributed by atoms with Gasteiger partial charge in [-0.2, -0.15) is 10.2 Å². The molecule has 0 saturated heterocycles. The molecule has 0 saturated carbocycles. The smallest absolute Gasteiger partial charge is 0.266 e. The van der Waals surface area contributed by atoms with E-state index in [0.717, 1.165) is 0 Å². The van der Waals surface area contributed by atoms with Crippen molar-refractivity contribution in [3.63, 3.8) is 0 Å². The fraction of sp³-hybridized carbons (Fsp3) is 0.200. The van der Waals surface area contributed by atoms with Crippen LogP contribution >= 0.6 is 0 Å². The first-order valence-corrected chi connectivity index (χ1v) is 8.61. The minimum absolute atomic E-state index is 0.326. The number of carbonyl (C=O) groups is 2. The van der Waals surface area contributed by atoms with Crippen LogP contribution in [-0.4, -0.2) is 51.7 Å². The maximum Gasteiger partial charge on any atom is 0.266 e. The predicted octanol–water partition coefficient (Wildman–Crippen LogP) is 1.32. The monoisotopic (exact) mass is 398 g/mol. The average molecular weight is 398 g/mol. The number of nitrogens with one attached hydrogen (secondary N) is 2. The number of hydrazone groups is 2. The fourth-order valence-corrected chi connectivity index (χ4v) is 2.19. The molecule has 2 amide bonds. The van der Waals surface area contributed by atoms with Crippen LogP contribution in [-0.2, 0) is 14.3 Å². The van der Waals surface area contributed by atoms with Crippen molar-refractivity contribution in [2.24, 2.45) is 10.2 Å². The molecular formula is C20H22N4O5. The molecular weight excluding hydrogens is 376 g/mol. The first kappa shape index (κ1) is 21.6. The minimum atomic E-state index is -0.499. The molecule has 152 valence electrons. The number of benzene rings is 2. The van der Waals surface area contributed by atoms with Gasteiger partial charge in [0, 0.05) is 11.1 Å². The second-order valence-electron chi connectivity index (χ2n) is 5.56. The Labute approximate surface area is 168 Å². The second kappa shape index (κ2) is 11.9. The van der Waals surface area contributed by atoms with Gasteiger partial charge in [-0.1, -0.05) is 24.3 Å². The van der Waals surface area contributed by atoms with Gasteiger partial charge in [0.2, 0.25) is 0 Å². The van der Waals surface area contributed by atoms with Crippen LogP contribution in [0.2, 0.25) is 0 Å². The van der Waals surface area contributed by atoms with E-state index in [1.54, 1.807) is 38.5 Å². The number of hydrogen-bond donors (Lipinski definition) is 2. The summed E-state index contributed by atoms with van der Waals surface area (Å²) in [5.74, 6) is 0.266. The first-order chi connectivity index (χ1) is 14.1. The van der Waals surface area contributed by atoms with Crippen molar-refractivity contribution in [1.29, 1.82) is 0 Å². The van der Waals surface area contributed by atoms with Gasteiger partial charge in [0.15, 0.2) is 0 Å². The normalized spacial score (nSPS) is 10.8. The van der Waals surface area contributed by atoms with Gasteiger partial charge in [0.05, 0.1) is 26.6 Å². The molecule has 0 aliphatic rings. The molecule has 2 rings (SSSR count). The van der Waals surface area contributed by atoms with Crippen LogP contribution in [0.25, 0.3) is 0 Å². The SMILES string of the molecule is COc1ccccc1C=NNC(=O)COCC(=O)NN=Cc1ccccc1OC. The molecule has 29 heavy (non-hydrogen) atoms. The summed E-state index contributed by atoms with van der Waals surface area (Å²) in [5.41, 5.74) is 6.04. The standard InChI is InChI=1S/C20H22N4O5/c1-27-17-9-5-3-7-15(17)11-21-23-19(25)13-29-14-20(26)24-22-12-16-8-4-6-10-18(16)28-2/h3-12H,13-14H2,1-2H3,(H,23,25)(H,24,26). The van der Waals surface area contributed by atoms with E-state index in [1.165, 1.54) is 12.4 Å². The highest BCUT2D eigenvalue weighted by Gasteiger charge is 2.05. The predicted molar refractivity (Wildman–Crippen MR) is 108 cm³/mol. The number of para-hydroxylation sites is 2. The van der Waals surface area contributed by atoms with E-state index in [0.29, 0.717) is 22.6 Å². The van der Waals surface area contributed by atoms with Crippen LogP contribution < -0.4 is 20.3 Å². The van der Waals surface area contributed by atoms with Crippen LogP contribution in [0.3, 0.4) is 0 Å². The molecule has 0 heterocycles. The maximum atomic E-state index is 11.7. The topological polar surface area (TPSA) is 111 Å². The molecule has 2 aromatic carbocycles. The first-order valence-electron chi connectivity index (χ1n) is 8.61. The number of ether oxygens (including phenoxy) is 3. The summed E-state index contributed by atoms with van der Waals surface area (Å²) in [6.45, 7) is -0.653. The van der Waals surface area contributed by atoms with Gasteiger partial charge < -0.3 is 14.2 Å². The molecule has 0 bridgehead atoms. The van der Waals surface area contributed by atoms with Crippen molar-refractivity contribution in [3.05, 3.63) is 59.7 Å². The van der Waals surface area contributed by atoms with Gasteiger partial charge in [0.1, 0.15) is 24.7 Å². The summed E-state index contributed by atoms with van der Waals surface area (Å²) in [6.07, 6.45) is 2.91. The Morgan fingerprint density at radius 1 is 0.793 bits per heavy atom. The van der Waals surface area contributed by atoms with E-state index in [2.05, 4.69) is 21.1 Å². The molecule has 0 atom stereocenters. The average Bonchev–Trinajstić information content (AvgIpc) is 2.74. The highest BCUT2D eigenvalue weighted by Crippen LogP contribution is 2.15. The van der Waals surface area contributed by atoms with Gasteiger partial charge in [-0.15, -0.1) is 0 Å². The zero-order valence-corrected chi connectivity index (χ0v) is 16.1. The third kappa shape index (κ3) is 7.43. The maximum absolute atomic E-state index is 11.7. The quantitative estimate of drug-likeness (QED) is 0.463. The van der Waals surface area contributed by atoms with Crippen molar-refractivity contribution >= 4 is 24.2 Å². The molecule has 0 aromatic heterocycles. The van der Waals surface area contributed by atoms with Crippen molar-refractivity contribution in [3.8, 4) is 11.5 Å². The van der Waals surface area contributed by atoms with Crippen LogP contribution in [0, 0.1) is 0 Å². The summed E-state index contributed by atoms with van der Waals surface area (Å²) in [7, 11) is 3.09. The second-order valence-corrected chi connectivity index (χ2v) is 5.56. The van der Waals surface area contributed by atoms with E-state index in [-0.39, 0.29) is 13.2 Å². The van der Waals surface area contributed by atoms with Gasteiger partial charge in [-0.25, -0.2) is 10.9 Å². The van der Waals surface area contributed by atoms with E-state index < -0.39 is 11.8 Å². The zero-order valence-electron chi connectivity index (χ0n) is 16.1. The van der Waals surface area contributed by atoms with E-state index in [4.69, 9.17) is 14.2 Å². The minimum Gasteiger partial charge on any atom is -0.496 e. The summed E-state index contributed by atoms with van der Waals surface area (Å²) in [4.78, 5) is 23.4. The number of nitrogens with zero attached hydrogens (tertiary/aromatic N) is 2. The zero-order chi connectivity index (χ0) is 20.9. The summed E-state index contributed by atoms with van der Waals surface area (Å²) in [5, 5.41) is 7.65. The fourth-order valence-electron chi connectivity index (χ4n) is 2.19. The van der Waals surface area contributed by atoms with E-state index >= 15 is 0 Å². The lowest BCUT2D eigenvalue weighted by Crippen LogP contribution is -2.28. The Bertz CT molecular complexity index is 811. The van der Waals surface area contributed by atoms with Crippen molar-refractivity contribution < 1.29 is 23.8 Å². The number of carbonyl (C=O) groups excluding carboxylic acids is 2. The summed E-state index contributed by atoms with van der Waals surface area (Å²) in [6, 6.07) is 14.4. The molecule has 9 heteroatoms. The molecule has 0 fully saturated rings. The summed E-state index contributed by atoms with van der Waals surface area (Å²) >= 11 is 0. The van der Waals surface area contributed by atoms with Crippen molar-refractivity contribution in [2.75, 3.05) is 27.4 Å². The highest BCUT2D eigenvalue weighted by molar-refractivity contribution is 5.86. The largest absolute Gasteiger partial charge is 0.496 e. The molecule has 0 aliphatic heterocycles. The van der Waals surface area contributed by atoms with Gasteiger partial charge >= 0.3 is 0 Å². The molecule has 0 spiro atoms. The third-order valence-electron chi connectivity index (χ3n) is 3.53. The lowest BCUT2D eigenvalue weighted by molar-refractivity contribution is -0.130. The number of amides is 2. The number of methoxy groups -OCH3 is 2. The van der Waals surface area contributed by atoms with Gasteiger partial charge in [-0.05, 0) is 24.3 Å². The van der Waals surface area contributed by atoms with E-state index in [9.17, 15) is 9.59 Å². The number of rotatable bonds is 10. The molecule has 9 nitrogen and oxygen atoms in total. The van der Waals surface area contributed by atoms with Crippen molar-refractivity contribution in [2.45, 2.75) is 0 Å². The Morgan fingerprint density at radius 2 is 1.21 bits per heavy atom. The molecule has 0 unspecified atom stereocenters. The number of hydrogen-bond acceptors (Lipinski definition) is 7. The molecule has 0 aliphatic carbocycles. The van der Waals surface area contributed by atoms with Crippen LogP contribution in [0.15, 0.2) is 58.7 Å². The molecule has 2 aromatic rings. The third-order valence-corrected chi connectivity index (χ3v) is 3.53. The van der Waals surface area contributed by atoms with Crippen molar-refractivity contribution in [1.82, 2.24) is 10.9 Å². The Morgan fingerprint density at radius 3 is 1.62 bits per heavy atom. The lowest BCUT2D eigenvalue weighted by Gasteiger charge is -2.04. The molecule has 0 radical (unpaired) electrons.